The lowest BCUT2D eigenvalue weighted by Gasteiger charge is -2.33. The van der Waals surface area contributed by atoms with Gasteiger partial charge in [0.25, 0.3) is 0 Å². The van der Waals surface area contributed by atoms with Gasteiger partial charge in [-0.3, -0.25) is 9.69 Å². The largest absolute Gasteiger partial charge is 0.393 e. The van der Waals surface area contributed by atoms with E-state index in [1.54, 1.807) is 12.1 Å². The normalized spacial score (nSPS) is 23.6. The Morgan fingerprint density at radius 2 is 2.15 bits per heavy atom. The third-order valence-electron chi connectivity index (χ3n) is 3.71. The molecule has 1 amide bonds. The van der Waals surface area contributed by atoms with Crippen molar-refractivity contribution in [2.45, 2.75) is 26.0 Å². The summed E-state index contributed by atoms with van der Waals surface area (Å²) in [6.07, 6.45) is 0.459. The molecule has 1 heterocycles. The van der Waals surface area contributed by atoms with Crippen molar-refractivity contribution in [3.05, 3.63) is 35.6 Å². The fourth-order valence-corrected chi connectivity index (χ4v) is 2.43. The molecule has 0 aromatic heterocycles. The average molecular weight is 280 g/mol. The van der Waals surface area contributed by atoms with Gasteiger partial charge in [0, 0.05) is 19.6 Å². The Morgan fingerprint density at radius 3 is 2.80 bits per heavy atom. The first-order valence-electron chi connectivity index (χ1n) is 6.96. The second-order valence-corrected chi connectivity index (χ2v) is 5.47. The van der Waals surface area contributed by atoms with Crippen LogP contribution in [0.15, 0.2) is 24.3 Å². The molecule has 2 atom stereocenters. The Kier molecular flexibility index (Phi) is 5.09. The van der Waals surface area contributed by atoms with E-state index in [1.807, 2.05) is 6.92 Å². The van der Waals surface area contributed by atoms with Gasteiger partial charge in [0.05, 0.1) is 12.6 Å². The second-order valence-electron chi connectivity index (χ2n) is 5.47. The van der Waals surface area contributed by atoms with E-state index in [-0.39, 0.29) is 23.7 Å². The van der Waals surface area contributed by atoms with E-state index >= 15 is 0 Å². The van der Waals surface area contributed by atoms with Crippen LogP contribution in [0.1, 0.15) is 18.9 Å². The summed E-state index contributed by atoms with van der Waals surface area (Å²) in [4.78, 5) is 13.9. The molecule has 110 valence electrons. The molecule has 1 saturated heterocycles. The number of halogens is 1. The number of hydrogen-bond acceptors (Lipinski definition) is 3. The number of rotatable bonds is 4. The lowest BCUT2D eigenvalue weighted by Crippen LogP contribution is -2.46. The first-order chi connectivity index (χ1) is 9.54. The molecule has 0 bridgehead atoms. The SMILES string of the molecule is CC1CN(CC(=O)NCc2ccc(F)cc2)CCC1O. The molecule has 2 rings (SSSR count). The summed E-state index contributed by atoms with van der Waals surface area (Å²) in [6, 6.07) is 6.09. The van der Waals surface area contributed by atoms with Gasteiger partial charge in [0.2, 0.25) is 5.91 Å². The summed E-state index contributed by atoms with van der Waals surface area (Å²) in [5.74, 6) is -0.118. The molecule has 1 fully saturated rings. The van der Waals surface area contributed by atoms with Gasteiger partial charge in [-0.25, -0.2) is 4.39 Å². The molecule has 0 saturated carbocycles. The molecule has 1 aromatic rings. The molecule has 2 unspecified atom stereocenters. The molecule has 1 aliphatic heterocycles. The summed E-state index contributed by atoms with van der Waals surface area (Å²) >= 11 is 0. The number of carbonyl (C=O) groups excluding carboxylic acids is 1. The van der Waals surface area contributed by atoms with Gasteiger partial charge in [0.15, 0.2) is 0 Å². The van der Waals surface area contributed by atoms with E-state index in [1.165, 1.54) is 12.1 Å². The van der Waals surface area contributed by atoms with Crippen LogP contribution in [0.4, 0.5) is 4.39 Å². The van der Waals surface area contributed by atoms with Crippen LogP contribution in [-0.4, -0.2) is 41.7 Å². The lowest BCUT2D eigenvalue weighted by molar-refractivity contribution is -0.123. The van der Waals surface area contributed by atoms with E-state index < -0.39 is 0 Å². The van der Waals surface area contributed by atoms with E-state index in [2.05, 4.69) is 10.2 Å². The van der Waals surface area contributed by atoms with Crippen molar-refractivity contribution in [3.63, 3.8) is 0 Å². The Hall–Kier alpha value is -1.46. The fraction of sp³-hybridized carbons (Fsp3) is 0.533. The van der Waals surface area contributed by atoms with Gasteiger partial charge < -0.3 is 10.4 Å². The quantitative estimate of drug-likeness (QED) is 0.870. The van der Waals surface area contributed by atoms with Crippen molar-refractivity contribution in [1.82, 2.24) is 10.2 Å². The smallest absolute Gasteiger partial charge is 0.234 e. The highest BCUT2D eigenvalue weighted by atomic mass is 19.1. The molecule has 2 N–H and O–H groups in total. The van der Waals surface area contributed by atoms with Crippen LogP contribution in [0, 0.1) is 11.7 Å². The molecule has 0 spiro atoms. The minimum atomic E-state index is -0.277. The molecule has 0 aliphatic carbocycles. The van der Waals surface area contributed by atoms with Crippen molar-refractivity contribution in [2.75, 3.05) is 19.6 Å². The molecule has 20 heavy (non-hydrogen) atoms. The number of aliphatic hydroxyl groups is 1. The number of benzene rings is 1. The van der Waals surface area contributed by atoms with Crippen molar-refractivity contribution in [2.24, 2.45) is 5.92 Å². The highest BCUT2D eigenvalue weighted by Crippen LogP contribution is 2.15. The number of amides is 1. The topological polar surface area (TPSA) is 52.6 Å². The first kappa shape index (κ1) is 14.9. The van der Waals surface area contributed by atoms with E-state index in [0.717, 1.165) is 18.7 Å². The summed E-state index contributed by atoms with van der Waals surface area (Å²) in [5.41, 5.74) is 0.877. The van der Waals surface area contributed by atoms with Gasteiger partial charge in [-0.2, -0.15) is 0 Å². The number of carbonyl (C=O) groups is 1. The van der Waals surface area contributed by atoms with Crippen molar-refractivity contribution in [1.29, 1.82) is 0 Å². The van der Waals surface area contributed by atoms with Crippen LogP contribution in [0.25, 0.3) is 0 Å². The number of aliphatic hydroxyl groups excluding tert-OH is 1. The van der Waals surface area contributed by atoms with Gasteiger partial charge >= 0.3 is 0 Å². The Labute approximate surface area is 118 Å². The average Bonchev–Trinajstić information content (AvgIpc) is 2.42. The van der Waals surface area contributed by atoms with Crippen molar-refractivity contribution >= 4 is 5.91 Å². The number of hydrogen-bond donors (Lipinski definition) is 2. The molecule has 1 aromatic carbocycles. The number of likely N-dealkylation sites (tertiary alicyclic amines) is 1. The predicted molar refractivity (Wildman–Crippen MR) is 74.5 cm³/mol. The van der Waals surface area contributed by atoms with Crippen LogP contribution in [0.2, 0.25) is 0 Å². The summed E-state index contributed by atoms with van der Waals surface area (Å²) < 4.78 is 12.7. The number of nitrogens with zero attached hydrogens (tertiary/aromatic N) is 1. The van der Waals surface area contributed by atoms with Crippen molar-refractivity contribution in [3.8, 4) is 0 Å². The summed E-state index contributed by atoms with van der Waals surface area (Å²) in [5, 5.41) is 12.5. The van der Waals surface area contributed by atoms with Gasteiger partial charge in [-0.1, -0.05) is 19.1 Å². The minimum Gasteiger partial charge on any atom is -0.393 e. The van der Waals surface area contributed by atoms with Gasteiger partial charge in [0.1, 0.15) is 5.82 Å². The van der Waals surface area contributed by atoms with Gasteiger partial charge in [-0.05, 0) is 30.0 Å². The highest BCUT2D eigenvalue weighted by Gasteiger charge is 2.25. The standard InChI is InChI=1S/C15H21FN2O2/c1-11-9-18(7-6-14(11)19)10-15(20)17-8-12-2-4-13(16)5-3-12/h2-5,11,14,19H,6-10H2,1H3,(H,17,20). The molecule has 1 aliphatic rings. The molecular weight excluding hydrogens is 259 g/mol. The minimum absolute atomic E-state index is 0.0436. The molecular formula is C15H21FN2O2. The maximum absolute atomic E-state index is 12.7. The lowest BCUT2D eigenvalue weighted by atomic mass is 9.97. The first-order valence-corrected chi connectivity index (χ1v) is 6.96. The van der Waals surface area contributed by atoms with E-state index in [9.17, 15) is 14.3 Å². The van der Waals surface area contributed by atoms with E-state index in [0.29, 0.717) is 19.5 Å². The zero-order chi connectivity index (χ0) is 14.5. The second kappa shape index (κ2) is 6.81. The highest BCUT2D eigenvalue weighted by molar-refractivity contribution is 5.78. The summed E-state index contributed by atoms with van der Waals surface area (Å²) in [7, 11) is 0. The number of piperidine rings is 1. The van der Waals surface area contributed by atoms with Crippen LogP contribution < -0.4 is 5.32 Å². The van der Waals surface area contributed by atoms with Crippen LogP contribution in [0.5, 0.6) is 0 Å². The zero-order valence-electron chi connectivity index (χ0n) is 11.7. The predicted octanol–water partition coefficient (Wildman–Crippen LogP) is 1.14. The summed E-state index contributed by atoms with van der Waals surface area (Å²) in [6.45, 7) is 4.23. The van der Waals surface area contributed by atoms with Crippen LogP contribution in [-0.2, 0) is 11.3 Å². The Bertz CT molecular complexity index is 450. The molecule has 5 heteroatoms. The van der Waals surface area contributed by atoms with Crippen LogP contribution >= 0.6 is 0 Å². The zero-order valence-corrected chi connectivity index (χ0v) is 11.7. The van der Waals surface area contributed by atoms with Crippen LogP contribution in [0.3, 0.4) is 0 Å². The Balaban J connectivity index is 1.74. The van der Waals surface area contributed by atoms with E-state index in [4.69, 9.17) is 0 Å². The number of nitrogens with one attached hydrogen (secondary N) is 1. The maximum Gasteiger partial charge on any atom is 0.234 e. The fourth-order valence-electron chi connectivity index (χ4n) is 2.43. The van der Waals surface area contributed by atoms with Gasteiger partial charge in [-0.15, -0.1) is 0 Å². The maximum atomic E-state index is 12.7. The molecule has 0 radical (unpaired) electrons. The molecule has 4 nitrogen and oxygen atoms in total. The van der Waals surface area contributed by atoms with Crippen molar-refractivity contribution < 1.29 is 14.3 Å². The monoisotopic (exact) mass is 280 g/mol. The third kappa shape index (κ3) is 4.28. The Morgan fingerprint density at radius 1 is 1.45 bits per heavy atom. The third-order valence-corrected chi connectivity index (χ3v) is 3.71.